The molecule has 4 heterocycles. The molecule has 2 aliphatic heterocycles. The number of carbonyl (C=O) groups excluding carboxylic acids is 4. The lowest BCUT2D eigenvalue weighted by atomic mass is 9.51. The number of hydrogen-bond donors (Lipinski definition) is 1. The Kier molecular flexibility index (Phi) is 8.55. The van der Waals surface area contributed by atoms with Crippen molar-refractivity contribution in [1.29, 1.82) is 0 Å². The van der Waals surface area contributed by atoms with Crippen LogP contribution in [0.2, 0.25) is 5.02 Å². The molecule has 6 unspecified atom stereocenters. The molecule has 13 heteroatoms. The number of carbonyl (C=O) groups is 4. The van der Waals surface area contributed by atoms with Gasteiger partial charge in [0.1, 0.15) is 11.5 Å². The van der Waals surface area contributed by atoms with Crippen molar-refractivity contribution in [2.24, 2.45) is 36.1 Å². The monoisotopic (exact) mass is 886 g/mol. The summed E-state index contributed by atoms with van der Waals surface area (Å²) in [5, 5.41) is 17.2. The molecule has 55 heavy (non-hydrogen) atoms. The Labute approximate surface area is 339 Å². The smallest absolute Gasteiger partial charge is 0.242 e. The van der Waals surface area contributed by atoms with Gasteiger partial charge in [-0.1, -0.05) is 29.3 Å². The van der Waals surface area contributed by atoms with Crippen molar-refractivity contribution in [3.8, 4) is 22.1 Å². The highest BCUT2D eigenvalue weighted by atomic mass is 127. The number of halogens is 2. The third kappa shape index (κ3) is 5.27. The Hall–Kier alpha value is -4.53. The fraction of sp³-hybridized carbons (Fsp3) is 0.310. The average molecular weight is 887 g/mol. The topological polar surface area (TPSA) is 122 Å². The molecule has 2 aliphatic carbocycles. The number of aromatic nitrogens is 2. The SMILES string of the molecule is CCOc1cc(C2C3=CCC4C(=O)N(c5ccc(I)cc5)C(=O)C4C3CC3C(=O)N(c4cc(-c5sc6ccc(Cl)cc6c5C)nn4C)C(=O)C32C)ccc1O. The zero-order valence-electron chi connectivity index (χ0n) is 30.4. The van der Waals surface area contributed by atoms with Crippen LogP contribution in [-0.2, 0) is 26.2 Å². The molecule has 9 rings (SSSR count). The third-order valence-corrected chi connectivity index (χ3v) is 14.4. The number of thiophene rings is 1. The van der Waals surface area contributed by atoms with Crippen LogP contribution in [0.15, 0.2) is 78.4 Å². The lowest BCUT2D eigenvalue weighted by molar-refractivity contribution is -0.131. The Morgan fingerprint density at radius 3 is 2.49 bits per heavy atom. The van der Waals surface area contributed by atoms with Gasteiger partial charge in [-0.3, -0.25) is 28.8 Å². The van der Waals surface area contributed by atoms with Gasteiger partial charge in [0, 0.05) is 32.3 Å². The van der Waals surface area contributed by atoms with Crippen LogP contribution in [0.25, 0.3) is 20.7 Å². The Bertz CT molecular complexity index is 2530. The minimum atomic E-state index is -1.27. The van der Waals surface area contributed by atoms with Crippen LogP contribution >= 0.6 is 45.5 Å². The number of phenolic OH excluding ortho intramolecular Hbond substituents is 1. The second-order valence-corrected chi connectivity index (χ2v) is 17.8. The molecule has 10 nitrogen and oxygen atoms in total. The molecule has 1 saturated carbocycles. The van der Waals surface area contributed by atoms with Crippen LogP contribution in [-0.4, -0.2) is 45.1 Å². The minimum Gasteiger partial charge on any atom is -0.504 e. The number of hydrogen-bond acceptors (Lipinski definition) is 8. The van der Waals surface area contributed by atoms with Gasteiger partial charge in [-0.05, 0) is 133 Å². The second-order valence-electron chi connectivity index (χ2n) is 15.0. The first kappa shape index (κ1) is 36.1. The highest BCUT2D eigenvalue weighted by Crippen LogP contribution is 2.64. The fourth-order valence-corrected chi connectivity index (χ4v) is 11.3. The van der Waals surface area contributed by atoms with E-state index in [1.54, 1.807) is 59.5 Å². The van der Waals surface area contributed by atoms with E-state index in [0.717, 1.165) is 29.7 Å². The van der Waals surface area contributed by atoms with Crippen LogP contribution in [0.5, 0.6) is 11.5 Å². The summed E-state index contributed by atoms with van der Waals surface area (Å²) in [6.45, 7) is 5.98. The summed E-state index contributed by atoms with van der Waals surface area (Å²) >= 11 is 10.1. The van der Waals surface area contributed by atoms with E-state index in [-0.39, 0.29) is 41.5 Å². The molecule has 0 bridgehead atoms. The van der Waals surface area contributed by atoms with Crippen molar-refractivity contribution in [3.63, 3.8) is 0 Å². The number of rotatable bonds is 6. The number of aromatic hydroxyl groups is 1. The first-order valence-corrected chi connectivity index (χ1v) is 20.5. The van der Waals surface area contributed by atoms with E-state index in [9.17, 15) is 19.5 Å². The van der Waals surface area contributed by atoms with Crippen LogP contribution in [0, 0.1) is 39.6 Å². The third-order valence-electron chi connectivity index (χ3n) is 12.2. The number of phenols is 1. The quantitative estimate of drug-likeness (QED) is 0.103. The largest absolute Gasteiger partial charge is 0.504 e. The number of imide groups is 2. The van der Waals surface area contributed by atoms with E-state index in [1.807, 2.05) is 57.2 Å². The first-order valence-electron chi connectivity index (χ1n) is 18.2. The number of amides is 4. The van der Waals surface area contributed by atoms with Crippen LogP contribution < -0.4 is 14.5 Å². The van der Waals surface area contributed by atoms with Gasteiger partial charge in [0.2, 0.25) is 23.6 Å². The predicted molar refractivity (Wildman–Crippen MR) is 219 cm³/mol. The lowest BCUT2D eigenvalue weighted by Gasteiger charge is -2.49. The summed E-state index contributed by atoms with van der Waals surface area (Å²) in [6.07, 6.45) is 2.57. The molecule has 3 fully saturated rings. The van der Waals surface area contributed by atoms with Crippen LogP contribution in [0.3, 0.4) is 0 Å². The van der Waals surface area contributed by atoms with E-state index >= 15 is 4.79 Å². The van der Waals surface area contributed by atoms with E-state index in [4.69, 9.17) is 21.4 Å². The van der Waals surface area contributed by atoms with Gasteiger partial charge in [0.15, 0.2) is 11.5 Å². The van der Waals surface area contributed by atoms with E-state index < -0.39 is 35.0 Å². The number of anilines is 2. The molecule has 4 aliphatic rings. The summed E-state index contributed by atoms with van der Waals surface area (Å²) in [6, 6.07) is 19.9. The maximum absolute atomic E-state index is 15.2. The Balaban J connectivity index is 1.16. The van der Waals surface area contributed by atoms with E-state index in [0.29, 0.717) is 40.8 Å². The summed E-state index contributed by atoms with van der Waals surface area (Å²) < 4.78 is 9.41. The molecule has 5 aromatic rings. The average Bonchev–Trinajstić information content (AvgIpc) is 3.83. The van der Waals surface area contributed by atoms with Crippen molar-refractivity contribution in [2.45, 2.75) is 39.5 Å². The molecule has 4 amide bonds. The zero-order chi connectivity index (χ0) is 38.7. The summed E-state index contributed by atoms with van der Waals surface area (Å²) in [5.41, 5.74) is 2.42. The fourth-order valence-electron chi connectivity index (χ4n) is 9.66. The van der Waals surface area contributed by atoms with Crippen LogP contribution in [0.1, 0.15) is 43.7 Å². The molecule has 3 aromatic carbocycles. The van der Waals surface area contributed by atoms with Gasteiger partial charge in [-0.2, -0.15) is 5.10 Å². The van der Waals surface area contributed by atoms with Crippen molar-refractivity contribution >= 4 is 90.7 Å². The minimum absolute atomic E-state index is 0.0428. The molecule has 2 aromatic heterocycles. The molecule has 0 spiro atoms. The molecular formula is C42H36ClIN4O6S. The molecular weight excluding hydrogens is 851 g/mol. The van der Waals surface area contributed by atoms with Crippen molar-refractivity contribution in [2.75, 3.05) is 16.4 Å². The van der Waals surface area contributed by atoms with E-state index in [2.05, 4.69) is 22.6 Å². The van der Waals surface area contributed by atoms with Gasteiger partial charge < -0.3 is 9.84 Å². The standard InChI is InChI=1S/C42H36ClIN4O6S/c1-5-54-32-16-21(6-14-31(32)49)36-25-12-13-26-35(40(52)47(38(26)50)24-10-8-23(44)9-11-24)28(25)18-29-39(51)48(41(53)42(29,36)3)34-19-30(45-46(34)4)37-20(2)27-17-22(43)7-15-33(27)55-37/h6-12,14-17,19,26,28-29,35-36,49H,5,13,18H2,1-4H3. The second kappa shape index (κ2) is 13.0. The van der Waals surface area contributed by atoms with Gasteiger partial charge in [0.05, 0.1) is 40.3 Å². The van der Waals surface area contributed by atoms with Gasteiger partial charge in [-0.15, -0.1) is 11.3 Å². The van der Waals surface area contributed by atoms with Crippen LogP contribution in [0.4, 0.5) is 11.5 Å². The predicted octanol–water partition coefficient (Wildman–Crippen LogP) is 8.41. The molecule has 2 saturated heterocycles. The number of ether oxygens (including phenoxy) is 1. The van der Waals surface area contributed by atoms with Gasteiger partial charge in [-0.25, -0.2) is 4.90 Å². The number of nitrogens with zero attached hydrogens (tertiary/aromatic N) is 4. The molecule has 280 valence electrons. The Morgan fingerprint density at radius 1 is 0.982 bits per heavy atom. The summed E-state index contributed by atoms with van der Waals surface area (Å²) in [7, 11) is 1.73. The van der Waals surface area contributed by atoms with E-state index in [1.165, 1.54) is 9.80 Å². The molecule has 6 atom stereocenters. The van der Waals surface area contributed by atoms with Crippen molar-refractivity contribution < 1.29 is 29.0 Å². The number of fused-ring (bicyclic) bond motifs is 5. The summed E-state index contributed by atoms with van der Waals surface area (Å²) in [4.78, 5) is 62.0. The number of allylic oxidation sites excluding steroid dienone is 2. The summed E-state index contributed by atoms with van der Waals surface area (Å²) in [5.74, 6) is -3.97. The van der Waals surface area contributed by atoms with Gasteiger partial charge in [0.25, 0.3) is 0 Å². The normalized spacial score (nSPS) is 26.1. The zero-order valence-corrected chi connectivity index (χ0v) is 34.1. The lowest BCUT2D eigenvalue weighted by Crippen LogP contribution is -2.49. The maximum Gasteiger partial charge on any atom is 0.242 e. The highest BCUT2D eigenvalue weighted by Gasteiger charge is 2.68. The number of benzene rings is 3. The van der Waals surface area contributed by atoms with Gasteiger partial charge >= 0.3 is 0 Å². The maximum atomic E-state index is 15.2. The first-order chi connectivity index (χ1) is 26.3. The number of aryl methyl sites for hydroxylation is 2. The van der Waals surface area contributed by atoms with Crippen molar-refractivity contribution in [1.82, 2.24) is 9.78 Å². The molecule has 0 radical (unpaired) electrons. The highest BCUT2D eigenvalue weighted by molar-refractivity contribution is 14.1. The Morgan fingerprint density at radius 2 is 1.75 bits per heavy atom. The van der Waals surface area contributed by atoms with Crippen molar-refractivity contribution in [3.05, 3.63) is 98.1 Å². The molecule has 1 N–H and O–H groups in total.